The summed E-state index contributed by atoms with van der Waals surface area (Å²) in [4.78, 5) is 11.2. The number of benzene rings is 1. The number of Topliss-reactive ketones (excluding diaryl/α,β-unsaturated/α-hetero) is 1. The van der Waals surface area contributed by atoms with E-state index in [0.717, 1.165) is 17.1 Å². The molecule has 1 aromatic carbocycles. The normalized spacial score (nSPS) is 12.9. The Bertz CT molecular complexity index is 358. The summed E-state index contributed by atoms with van der Waals surface area (Å²) >= 11 is 0. The van der Waals surface area contributed by atoms with E-state index in [-0.39, 0.29) is 12.6 Å². The Morgan fingerprint density at radius 2 is 2.14 bits per heavy atom. The third kappa shape index (κ3) is 1.71. The number of carbonyl (C=O) groups excluding carboxylic acids is 1. The fourth-order valence-corrected chi connectivity index (χ4v) is 1.40. The highest BCUT2D eigenvalue weighted by Crippen LogP contribution is 2.32. The molecule has 0 amide bonds. The molecule has 0 aromatic heterocycles. The Labute approximate surface area is 82.6 Å². The van der Waals surface area contributed by atoms with Crippen LogP contribution in [-0.2, 0) is 11.2 Å². The molecule has 0 unspecified atom stereocenters. The van der Waals surface area contributed by atoms with Crippen LogP contribution in [0, 0.1) is 0 Å². The maximum atomic E-state index is 11.2. The van der Waals surface area contributed by atoms with Crippen LogP contribution in [0.3, 0.4) is 0 Å². The molecule has 1 aromatic rings. The highest BCUT2D eigenvalue weighted by atomic mass is 16.7. The zero-order valence-corrected chi connectivity index (χ0v) is 8.08. The van der Waals surface area contributed by atoms with Gasteiger partial charge in [0.15, 0.2) is 11.5 Å². The maximum absolute atomic E-state index is 11.2. The van der Waals surface area contributed by atoms with E-state index in [4.69, 9.17) is 9.47 Å². The van der Waals surface area contributed by atoms with Crippen molar-refractivity contribution in [3.05, 3.63) is 23.8 Å². The van der Waals surface area contributed by atoms with Crippen LogP contribution in [0.4, 0.5) is 0 Å². The van der Waals surface area contributed by atoms with E-state index in [1.54, 1.807) is 0 Å². The molecular weight excluding hydrogens is 180 g/mol. The van der Waals surface area contributed by atoms with Gasteiger partial charge in [-0.15, -0.1) is 0 Å². The van der Waals surface area contributed by atoms with E-state index in [1.165, 1.54) is 0 Å². The Balaban J connectivity index is 2.16. The van der Waals surface area contributed by atoms with Crippen LogP contribution in [-0.4, -0.2) is 12.6 Å². The van der Waals surface area contributed by atoms with Gasteiger partial charge in [-0.25, -0.2) is 0 Å². The fraction of sp³-hybridized carbons (Fsp3) is 0.364. The van der Waals surface area contributed by atoms with Crippen molar-refractivity contribution in [3.8, 4) is 11.5 Å². The van der Waals surface area contributed by atoms with Crippen molar-refractivity contribution < 1.29 is 14.3 Å². The van der Waals surface area contributed by atoms with Crippen molar-refractivity contribution >= 4 is 5.78 Å². The monoisotopic (exact) mass is 192 g/mol. The summed E-state index contributed by atoms with van der Waals surface area (Å²) < 4.78 is 10.4. The number of hydrogen-bond donors (Lipinski definition) is 0. The molecule has 2 rings (SSSR count). The molecule has 1 aliphatic heterocycles. The summed E-state index contributed by atoms with van der Waals surface area (Å²) in [5.41, 5.74) is 0.987. The highest BCUT2D eigenvalue weighted by Gasteiger charge is 2.13. The SMILES string of the molecule is CCC(=O)Cc1ccc2c(c1)OCO2. The second kappa shape index (κ2) is 3.70. The van der Waals surface area contributed by atoms with Gasteiger partial charge in [-0.3, -0.25) is 4.79 Å². The Morgan fingerprint density at radius 1 is 1.36 bits per heavy atom. The van der Waals surface area contributed by atoms with Crippen LogP contribution >= 0.6 is 0 Å². The van der Waals surface area contributed by atoms with Crippen LogP contribution in [0.5, 0.6) is 11.5 Å². The zero-order chi connectivity index (χ0) is 9.97. The van der Waals surface area contributed by atoms with Crippen molar-refractivity contribution in [2.24, 2.45) is 0 Å². The van der Waals surface area contributed by atoms with E-state index in [1.807, 2.05) is 25.1 Å². The van der Waals surface area contributed by atoms with Crippen molar-refractivity contribution in [3.63, 3.8) is 0 Å². The van der Waals surface area contributed by atoms with Gasteiger partial charge in [0.2, 0.25) is 6.79 Å². The van der Waals surface area contributed by atoms with Gasteiger partial charge in [0.25, 0.3) is 0 Å². The van der Waals surface area contributed by atoms with Gasteiger partial charge in [-0.1, -0.05) is 13.0 Å². The Kier molecular flexibility index (Phi) is 2.39. The fourth-order valence-electron chi connectivity index (χ4n) is 1.40. The lowest BCUT2D eigenvalue weighted by Gasteiger charge is -2.00. The van der Waals surface area contributed by atoms with Crippen molar-refractivity contribution in [1.82, 2.24) is 0 Å². The van der Waals surface area contributed by atoms with Crippen molar-refractivity contribution in [2.75, 3.05) is 6.79 Å². The minimum atomic E-state index is 0.240. The average Bonchev–Trinajstić information content (AvgIpc) is 2.64. The molecule has 0 saturated carbocycles. The lowest BCUT2D eigenvalue weighted by Crippen LogP contribution is -1.99. The average molecular weight is 192 g/mol. The van der Waals surface area contributed by atoms with Crippen molar-refractivity contribution in [2.45, 2.75) is 19.8 Å². The molecule has 0 saturated heterocycles. The van der Waals surface area contributed by atoms with Gasteiger partial charge in [0.1, 0.15) is 5.78 Å². The Morgan fingerprint density at radius 3 is 2.93 bits per heavy atom. The molecule has 0 bridgehead atoms. The van der Waals surface area contributed by atoms with Gasteiger partial charge in [-0.05, 0) is 17.7 Å². The van der Waals surface area contributed by atoms with E-state index in [2.05, 4.69) is 0 Å². The molecule has 0 spiro atoms. The first-order valence-corrected chi connectivity index (χ1v) is 4.70. The second-order valence-corrected chi connectivity index (χ2v) is 3.26. The van der Waals surface area contributed by atoms with E-state index in [0.29, 0.717) is 12.8 Å². The predicted octanol–water partition coefficient (Wildman–Crippen LogP) is 1.94. The minimum absolute atomic E-state index is 0.240. The summed E-state index contributed by atoms with van der Waals surface area (Å²) in [5.74, 6) is 1.74. The summed E-state index contributed by atoms with van der Waals surface area (Å²) in [5, 5.41) is 0. The number of ketones is 1. The topological polar surface area (TPSA) is 35.5 Å². The van der Waals surface area contributed by atoms with Crippen LogP contribution in [0.2, 0.25) is 0 Å². The minimum Gasteiger partial charge on any atom is -0.454 e. The molecule has 3 nitrogen and oxygen atoms in total. The molecule has 0 N–H and O–H groups in total. The van der Waals surface area contributed by atoms with Gasteiger partial charge in [0, 0.05) is 12.8 Å². The third-order valence-electron chi connectivity index (χ3n) is 2.23. The van der Waals surface area contributed by atoms with Crippen molar-refractivity contribution in [1.29, 1.82) is 0 Å². The largest absolute Gasteiger partial charge is 0.454 e. The smallest absolute Gasteiger partial charge is 0.231 e. The second-order valence-electron chi connectivity index (χ2n) is 3.26. The molecule has 1 heterocycles. The predicted molar refractivity (Wildman–Crippen MR) is 51.6 cm³/mol. The summed E-state index contributed by atoms with van der Waals surface area (Å²) in [7, 11) is 0. The van der Waals surface area contributed by atoms with E-state index in [9.17, 15) is 4.79 Å². The van der Waals surface area contributed by atoms with E-state index < -0.39 is 0 Å². The van der Waals surface area contributed by atoms with Crippen LogP contribution < -0.4 is 9.47 Å². The van der Waals surface area contributed by atoms with Crippen LogP contribution in [0.1, 0.15) is 18.9 Å². The zero-order valence-electron chi connectivity index (χ0n) is 8.08. The summed E-state index contributed by atoms with van der Waals surface area (Å²) in [6.45, 7) is 2.15. The highest BCUT2D eigenvalue weighted by molar-refractivity contribution is 5.80. The number of ether oxygens (including phenoxy) is 2. The van der Waals surface area contributed by atoms with Gasteiger partial charge < -0.3 is 9.47 Å². The molecule has 0 radical (unpaired) electrons. The van der Waals surface area contributed by atoms with Crippen LogP contribution in [0.15, 0.2) is 18.2 Å². The van der Waals surface area contributed by atoms with Gasteiger partial charge in [0.05, 0.1) is 0 Å². The quantitative estimate of drug-likeness (QED) is 0.734. The van der Waals surface area contributed by atoms with Gasteiger partial charge in [-0.2, -0.15) is 0 Å². The molecule has 3 heteroatoms. The lowest BCUT2D eigenvalue weighted by molar-refractivity contribution is -0.118. The third-order valence-corrected chi connectivity index (χ3v) is 2.23. The Hall–Kier alpha value is -1.51. The first kappa shape index (κ1) is 9.06. The number of fused-ring (bicyclic) bond motifs is 1. The molecular formula is C11H12O3. The number of carbonyl (C=O) groups is 1. The first-order valence-electron chi connectivity index (χ1n) is 4.70. The lowest BCUT2D eigenvalue weighted by atomic mass is 10.1. The molecule has 14 heavy (non-hydrogen) atoms. The molecule has 1 aliphatic rings. The summed E-state index contributed by atoms with van der Waals surface area (Å²) in [6.07, 6.45) is 1.06. The molecule has 74 valence electrons. The van der Waals surface area contributed by atoms with E-state index >= 15 is 0 Å². The standard InChI is InChI=1S/C11H12O3/c1-2-9(12)5-8-3-4-10-11(6-8)14-7-13-10/h3-4,6H,2,5,7H2,1H3. The first-order chi connectivity index (χ1) is 6.79. The van der Waals surface area contributed by atoms with Gasteiger partial charge >= 0.3 is 0 Å². The number of rotatable bonds is 3. The molecule has 0 fully saturated rings. The van der Waals surface area contributed by atoms with Crippen LogP contribution in [0.25, 0.3) is 0 Å². The summed E-state index contributed by atoms with van der Waals surface area (Å²) in [6, 6.07) is 5.62. The molecule has 0 atom stereocenters. The molecule has 0 aliphatic carbocycles. The number of hydrogen-bond acceptors (Lipinski definition) is 3. The maximum Gasteiger partial charge on any atom is 0.231 e.